The van der Waals surface area contributed by atoms with E-state index in [4.69, 9.17) is 9.94 Å². The Morgan fingerprint density at radius 2 is 1.61 bits per heavy atom. The molecule has 170 valence electrons. The number of hydrogen-bond acceptors (Lipinski definition) is 4. The van der Waals surface area contributed by atoms with Crippen LogP contribution in [0.4, 0.5) is 8.78 Å². The van der Waals surface area contributed by atoms with Crippen molar-refractivity contribution in [1.29, 1.82) is 0 Å². The SMILES string of the molecule is CO[C@H](C[C@H](CCCCCNCCc1ccc(F)cc1)C(=O)NO)c1ccc(F)cc1. The number of carbonyl (C=O) groups excluding carboxylic acids is 1. The summed E-state index contributed by atoms with van der Waals surface area (Å²) in [4.78, 5) is 12.1. The van der Waals surface area contributed by atoms with E-state index in [1.54, 1.807) is 36.9 Å². The van der Waals surface area contributed by atoms with Gasteiger partial charge in [0.2, 0.25) is 5.91 Å². The van der Waals surface area contributed by atoms with Crippen LogP contribution in [0.2, 0.25) is 0 Å². The molecule has 0 bridgehead atoms. The van der Waals surface area contributed by atoms with Gasteiger partial charge in [0.15, 0.2) is 0 Å². The fourth-order valence-corrected chi connectivity index (χ4v) is 3.58. The molecule has 0 saturated heterocycles. The molecule has 0 fully saturated rings. The van der Waals surface area contributed by atoms with Gasteiger partial charge in [-0.15, -0.1) is 0 Å². The molecule has 0 saturated carbocycles. The molecular weight excluding hydrogens is 402 g/mol. The van der Waals surface area contributed by atoms with Crippen molar-refractivity contribution in [2.24, 2.45) is 5.92 Å². The van der Waals surface area contributed by atoms with Crippen LogP contribution in [0.25, 0.3) is 0 Å². The van der Waals surface area contributed by atoms with Gasteiger partial charge in [0.25, 0.3) is 0 Å². The zero-order valence-corrected chi connectivity index (χ0v) is 17.9. The van der Waals surface area contributed by atoms with Gasteiger partial charge in [-0.1, -0.05) is 37.1 Å². The van der Waals surface area contributed by atoms with Crippen molar-refractivity contribution in [3.8, 4) is 0 Å². The van der Waals surface area contributed by atoms with Gasteiger partial charge in [0, 0.05) is 13.0 Å². The lowest BCUT2D eigenvalue weighted by Gasteiger charge is -2.22. The molecule has 0 unspecified atom stereocenters. The van der Waals surface area contributed by atoms with E-state index in [0.29, 0.717) is 12.8 Å². The Bertz CT molecular complexity index is 769. The van der Waals surface area contributed by atoms with Gasteiger partial charge in [-0.2, -0.15) is 0 Å². The van der Waals surface area contributed by atoms with E-state index in [9.17, 15) is 13.6 Å². The summed E-state index contributed by atoms with van der Waals surface area (Å²) in [5.41, 5.74) is 3.65. The summed E-state index contributed by atoms with van der Waals surface area (Å²) in [6, 6.07) is 12.6. The molecule has 2 rings (SSSR count). The number of hydroxylamine groups is 1. The van der Waals surface area contributed by atoms with Crippen LogP contribution >= 0.6 is 0 Å². The minimum atomic E-state index is -0.429. The average Bonchev–Trinajstić information content (AvgIpc) is 2.79. The Kier molecular flexibility index (Phi) is 11.1. The van der Waals surface area contributed by atoms with Gasteiger partial charge in [0.1, 0.15) is 11.6 Å². The molecule has 0 aliphatic carbocycles. The maximum Gasteiger partial charge on any atom is 0.246 e. The second-order valence-corrected chi connectivity index (χ2v) is 7.66. The number of benzene rings is 2. The molecule has 0 heterocycles. The third kappa shape index (κ3) is 9.12. The zero-order valence-electron chi connectivity index (χ0n) is 17.9. The van der Waals surface area contributed by atoms with Crippen LogP contribution in [-0.4, -0.2) is 31.3 Å². The van der Waals surface area contributed by atoms with E-state index in [-0.39, 0.29) is 17.7 Å². The number of rotatable bonds is 14. The molecule has 2 aromatic rings. The van der Waals surface area contributed by atoms with Crippen molar-refractivity contribution < 1.29 is 23.5 Å². The first kappa shape index (κ1) is 24.9. The van der Waals surface area contributed by atoms with E-state index >= 15 is 0 Å². The first-order valence-corrected chi connectivity index (χ1v) is 10.7. The number of unbranched alkanes of at least 4 members (excludes halogenated alkanes) is 2. The van der Waals surface area contributed by atoms with Crippen molar-refractivity contribution >= 4 is 5.91 Å². The average molecular weight is 435 g/mol. The number of carbonyl (C=O) groups is 1. The van der Waals surface area contributed by atoms with Crippen LogP contribution in [0, 0.1) is 17.6 Å². The lowest BCUT2D eigenvalue weighted by Crippen LogP contribution is -2.29. The Balaban J connectivity index is 1.68. The summed E-state index contributed by atoms with van der Waals surface area (Å²) in [7, 11) is 1.56. The van der Waals surface area contributed by atoms with Gasteiger partial charge in [-0.05, 0) is 74.2 Å². The van der Waals surface area contributed by atoms with Gasteiger partial charge < -0.3 is 10.1 Å². The normalized spacial score (nSPS) is 13.0. The Morgan fingerprint density at radius 3 is 2.23 bits per heavy atom. The second kappa shape index (κ2) is 13.9. The largest absolute Gasteiger partial charge is 0.377 e. The molecular formula is C24H32F2N2O3. The minimum Gasteiger partial charge on any atom is -0.377 e. The quantitative estimate of drug-likeness (QED) is 0.232. The highest BCUT2D eigenvalue weighted by Crippen LogP contribution is 2.28. The Morgan fingerprint density at radius 1 is 0.968 bits per heavy atom. The molecule has 5 nitrogen and oxygen atoms in total. The fraction of sp³-hybridized carbons (Fsp3) is 0.458. The second-order valence-electron chi connectivity index (χ2n) is 7.66. The maximum atomic E-state index is 13.2. The number of methoxy groups -OCH3 is 1. The van der Waals surface area contributed by atoms with E-state index in [1.807, 2.05) is 0 Å². The number of hydrogen-bond donors (Lipinski definition) is 3. The van der Waals surface area contributed by atoms with Crippen LogP contribution in [0.3, 0.4) is 0 Å². The lowest BCUT2D eigenvalue weighted by molar-refractivity contribution is -0.135. The molecule has 0 aliphatic heterocycles. The maximum absolute atomic E-state index is 13.2. The van der Waals surface area contributed by atoms with Gasteiger partial charge >= 0.3 is 0 Å². The third-order valence-electron chi connectivity index (χ3n) is 5.42. The number of ether oxygens (including phenoxy) is 1. The highest BCUT2D eigenvalue weighted by atomic mass is 19.1. The summed E-state index contributed by atoms with van der Waals surface area (Å²) in [5.74, 6) is -1.37. The smallest absolute Gasteiger partial charge is 0.246 e. The minimum absolute atomic E-state index is 0.223. The van der Waals surface area contributed by atoms with Crippen molar-refractivity contribution in [3.05, 3.63) is 71.3 Å². The lowest BCUT2D eigenvalue weighted by atomic mass is 9.91. The first-order chi connectivity index (χ1) is 15.0. The molecule has 2 aromatic carbocycles. The Hall–Kier alpha value is -2.35. The van der Waals surface area contributed by atoms with Gasteiger partial charge in [-0.3, -0.25) is 10.0 Å². The van der Waals surface area contributed by atoms with Gasteiger partial charge in [0.05, 0.1) is 6.10 Å². The van der Waals surface area contributed by atoms with E-state index < -0.39 is 11.8 Å². The van der Waals surface area contributed by atoms with Crippen LogP contribution < -0.4 is 10.8 Å². The molecule has 1 amide bonds. The zero-order chi connectivity index (χ0) is 22.5. The summed E-state index contributed by atoms with van der Waals surface area (Å²) in [6.45, 7) is 1.70. The van der Waals surface area contributed by atoms with Crippen LogP contribution in [0.15, 0.2) is 48.5 Å². The number of amides is 1. The van der Waals surface area contributed by atoms with E-state index in [2.05, 4.69) is 5.32 Å². The highest BCUT2D eigenvalue weighted by molar-refractivity contribution is 5.77. The van der Waals surface area contributed by atoms with Crippen LogP contribution in [-0.2, 0) is 16.0 Å². The van der Waals surface area contributed by atoms with Crippen molar-refractivity contribution in [2.45, 2.75) is 44.6 Å². The fourth-order valence-electron chi connectivity index (χ4n) is 3.58. The van der Waals surface area contributed by atoms with Crippen molar-refractivity contribution in [2.75, 3.05) is 20.2 Å². The summed E-state index contributed by atoms with van der Waals surface area (Å²) < 4.78 is 31.6. The number of halogens is 2. The predicted molar refractivity (Wildman–Crippen MR) is 116 cm³/mol. The molecule has 2 atom stereocenters. The standard InChI is InChI=1S/C24H32F2N2O3/c1-31-23(19-8-12-22(26)13-9-19)17-20(24(29)28-30)5-3-2-4-15-27-16-14-18-6-10-21(25)11-7-18/h6-13,20,23,27,30H,2-5,14-17H2,1H3,(H,28,29)/t20-,23+/m0/s1. The summed E-state index contributed by atoms with van der Waals surface area (Å²) in [5, 5.41) is 12.5. The summed E-state index contributed by atoms with van der Waals surface area (Å²) in [6.07, 6.45) is 4.30. The molecule has 7 heteroatoms. The first-order valence-electron chi connectivity index (χ1n) is 10.7. The van der Waals surface area contributed by atoms with Crippen LogP contribution in [0.1, 0.15) is 49.3 Å². The van der Waals surface area contributed by atoms with Gasteiger partial charge in [-0.25, -0.2) is 14.3 Å². The summed E-state index contributed by atoms with van der Waals surface area (Å²) >= 11 is 0. The predicted octanol–water partition coefficient (Wildman–Crippen LogP) is 4.56. The topological polar surface area (TPSA) is 70.6 Å². The van der Waals surface area contributed by atoms with Crippen LogP contribution in [0.5, 0.6) is 0 Å². The Labute approximate surface area is 182 Å². The van der Waals surface area contributed by atoms with E-state index in [1.165, 1.54) is 24.3 Å². The third-order valence-corrected chi connectivity index (χ3v) is 5.42. The number of nitrogens with one attached hydrogen (secondary N) is 2. The van der Waals surface area contributed by atoms with Crippen molar-refractivity contribution in [1.82, 2.24) is 10.8 Å². The molecule has 0 spiro atoms. The molecule has 0 aromatic heterocycles. The molecule has 31 heavy (non-hydrogen) atoms. The van der Waals surface area contributed by atoms with E-state index in [0.717, 1.165) is 49.9 Å². The molecule has 0 aliphatic rings. The monoisotopic (exact) mass is 434 g/mol. The molecule has 0 radical (unpaired) electrons. The molecule has 3 N–H and O–H groups in total. The van der Waals surface area contributed by atoms with Crippen molar-refractivity contribution in [3.63, 3.8) is 0 Å². The highest BCUT2D eigenvalue weighted by Gasteiger charge is 2.23.